The van der Waals surface area contributed by atoms with Crippen LogP contribution in [0.1, 0.15) is 5.56 Å². The minimum absolute atomic E-state index is 0.311. The van der Waals surface area contributed by atoms with E-state index in [4.69, 9.17) is 4.74 Å². The number of para-hydroxylation sites is 1. The molecule has 1 heterocycles. The number of aryl methyl sites for hydroxylation is 1. The van der Waals surface area contributed by atoms with Crippen molar-refractivity contribution in [2.45, 2.75) is 13.0 Å². The average molecular weight is 279 g/mol. The Labute approximate surface area is 121 Å². The first-order valence-electron chi connectivity index (χ1n) is 7.18. The molecule has 2 N–H and O–H groups in total. The molecule has 0 aliphatic carbocycles. The third-order valence-corrected chi connectivity index (χ3v) is 3.58. The van der Waals surface area contributed by atoms with Crippen LogP contribution in [-0.2, 0) is 0 Å². The standard InChI is InChI=1S/C15H25N3O2/c1-13-5-3-4-6-15(13)20-12-14(19)11-16-18-9-7-17(2)8-10-18/h3-6,14,16,19H,7-12H2,1-2H3. The van der Waals surface area contributed by atoms with E-state index in [9.17, 15) is 5.11 Å². The van der Waals surface area contributed by atoms with E-state index >= 15 is 0 Å². The first-order valence-corrected chi connectivity index (χ1v) is 7.18. The second-order valence-electron chi connectivity index (χ2n) is 5.38. The molecule has 1 fully saturated rings. The van der Waals surface area contributed by atoms with Gasteiger partial charge in [-0.3, -0.25) is 5.43 Å². The van der Waals surface area contributed by atoms with Crippen LogP contribution in [0.4, 0.5) is 0 Å². The second-order valence-corrected chi connectivity index (χ2v) is 5.38. The number of rotatable bonds is 6. The summed E-state index contributed by atoms with van der Waals surface area (Å²) in [5, 5.41) is 12.1. The topological polar surface area (TPSA) is 48.0 Å². The maximum Gasteiger partial charge on any atom is 0.122 e. The number of likely N-dealkylation sites (N-methyl/N-ethyl adjacent to an activating group) is 1. The quantitative estimate of drug-likeness (QED) is 0.793. The Balaban J connectivity index is 1.65. The van der Waals surface area contributed by atoms with Gasteiger partial charge in [0.15, 0.2) is 0 Å². The molecule has 5 heteroatoms. The summed E-state index contributed by atoms with van der Waals surface area (Å²) in [6.07, 6.45) is -0.505. The molecule has 20 heavy (non-hydrogen) atoms. The lowest BCUT2D eigenvalue weighted by molar-refractivity contribution is 0.0547. The van der Waals surface area contributed by atoms with Crippen LogP contribution in [0.3, 0.4) is 0 Å². The highest BCUT2D eigenvalue weighted by molar-refractivity contribution is 5.31. The van der Waals surface area contributed by atoms with Gasteiger partial charge in [0.25, 0.3) is 0 Å². The number of aliphatic hydroxyl groups excluding tert-OH is 1. The number of nitrogens with zero attached hydrogens (tertiary/aromatic N) is 2. The number of hydrogen-bond acceptors (Lipinski definition) is 5. The van der Waals surface area contributed by atoms with Gasteiger partial charge in [-0.2, -0.15) is 0 Å². The fourth-order valence-corrected chi connectivity index (χ4v) is 2.16. The van der Waals surface area contributed by atoms with Crippen molar-refractivity contribution in [1.29, 1.82) is 0 Å². The van der Waals surface area contributed by atoms with E-state index in [1.54, 1.807) is 0 Å². The van der Waals surface area contributed by atoms with Gasteiger partial charge in [-0.25, -0.2) is 5.01 Å². The monoisotopic (exact) mass is 279 g/mol. The highest BCUT2D eigenvalue weighted by atomic mass is 16.5. The van der Waals surface area contributed by atoms with E-state index in [2.05, 4.69) is 22.4 Å². The van der Waals surface area contributed by atoms with Crippen molar-refractivity contribution in [3.05, 3.63) is 29.8 Å². The number of benzene rings is 1. The average Bonchev–Trinajstić information content (AvgIpc) is 2.46. The molecule has 1 atom stereocenters. The Bertz CT molecular complexity index is 406. The minimum Gasteiger partial charge on any atom is -0.491 e. The Hall–Kier alpha value is -1.14. The molecule has 1 unspecified atom stereocenters. The smallest absolute Gasteiger partial charge is 0.122 e. The normalized spacial score (nSPS) is 18.9. The van der Waals surface area contributed by atoms with Gasteiger partial charge < -0.3 is 14.7 Å². The Morgan fingerprint density at radius 2 is 1.95 bits per heavy atom. The lowest BCUT2D eigenvalue weighted by Crippen LogP contribution is -2.52. The molecule has 1 aliphatic rings. The number of hydrogen-bond donors (Lipinski definition) is 2. The highest BCUT2D eigenvalue weighted by Gasteiger charge is 2.14. The first kappa shape index (κ1) is 15.3. The summed E-state index contributed by atoms with van der Waals surface area (Å²) in [4.78, 5) is 2.30. The van der Waals surface area contributed by atoms with Gasteiger partial charge in [-0.05, 0) is 25.6 Å². The summed E-state index contributed by atoms with van der Waals surface area (Å²) in [5.41, 5.74) is 4.36. The molecular weight excluding hydrogens is 254 g/mol. The second kappa shape index (κ2) is 7.59. The lowest BCUT2D eigenvalue weighted by atomic mass is 10.2. The van der Waals surface area contributed by atoms with Gasteiger partial charge in [0, 0.05) is 32.7 Å². The Morgan fingerprint density at radius 3 is 2.65 bits per heavy atom. The Kier molecular flexibility index (Phi) is 5.79. The fourth-order valence-electron chi connectivity index (χ4n) is 2.16. The number of aliphatic hydroxyl groups is 1. The van der Waals surface area contributed by atoms with Crippen LogP contribution >= 0.6 is 0 Å². The van der Waals surface area contributed by atoms with Crippen molar-refractivity contribution in [3.63, 3.8) is 0 Å². The van der Waals surface area contributed by atoms with Crippen molar-refractivity contribution in [2.24, 2.45) is 0 Å². The van der Waals surface area contributed by atoms with Crippen LogP contribution in [0.25, 0.3) is 0 Å². The highest BCUT2D eigenvalue weighted by Crippen LogP contribution is 2.16. The summed E-state index contributed by atoms with van der Waals surface area (Å²) < 4.78 is 5.64. The van der Waals surface area contributed by atoms with Crippen LogP contribution in [0, 0.1) is 6.92 Å². The van der Waals surface area contributed by atoms with Gasteiger partial charge in [0.2, 0.25) is 0 Å². The molecule has 1 saturated heterocycles. The first-order chi connectivity index (χ1) is 9.65. The van der Waals surface area contributed by atoms with Crippen LogP contribution < -0.4 is 10.2 Å². The number of ether oxygens (including phenoxy) is 1. The SMILES string of the molecule is Cc1ccccc1OCC(O)CNN1CCN(C)CC1. The predicted molar refractivity (Wildman–Crippen MR) is 79.8 cm³/mol. The van der Waals surface area contributed by atoms with Gasteiger partial charge in [-0.15, -0.1) is 0 Å². The molecule has 0 spiro atoms. The number of hydrazine groups is 1. The van der Waals surface area contributed by atoms with Crippen LogP contribution in [0.5, 0.6) is 5.75 Å². The zero-order chi connectivity index (χ0) is 14.4. The molecule has 0 saturated carbocycles. The minimum atomic E-state index is -0.505. The van der Waals surface area contributed by atoms with Crippen molar-refractivity contribution in [1.82, 2.24) is 15.3 Å². The molecule has 2 rings (SSSR count). The summed E-state index contributed by atoms with van der Waals surface area (Å²) in [6, 6.07) is 7.85. The lowest BCUT2D eigenvalue weighted by Gasteiger charge is -2.33. The molecule has 1 aromatic carbocycles. The third-order valence-electron chi connectivity index (χ3n) is 3.58. The van der Waals surface area contributed by atoms with E-state index in [0.29, 0.717) is 13.2 Å². The molecule has 0 aromatic heterocycles. The van der Waals surface area contributed by atoms with Crippen molar-refractivity contribution < 1.29 is 9.84 Å². The van der Waals surface area contributed by atoms with Gasteiger partial charge in [-0.1, -0.05) is 18.2 Å². The number of nitrogens with one attached hydrogen (secondary N) is 1. The molecule has 1 aromatic rings. The van der Waals surface area contributed by atoms with Crippen LogP contribution in [-0.4, -0.2) is 67.5 Å². The summed E-state index contributed by atoms with van der Waals surface area (Å²) >= 11 is 0. The molecule has 112 valence electrons. The van der Waals surface area contributed by atoms with E-state index in [-0.39, 0.29) is 0 Å². The van der Waals surface area contributed by atoms with Gasteiger partial charge >= 0.3 is 0 Å². The van der Waals surface area contributed by atoms with Gasteiger partial charge in [0.1, 0.15) is 18.5 Å². The molecule has 5 nitrogen and oxygen atoms in total. The molecule has 0 radical (unpaired) electrons. The molecule has 0 bridgehead atoms. The third kappa shape index (κ3) is 4.76. The Morgan fingerprint density at radius 1 is 1.25 bits per heavy atom. The zero-order valence-corrected chi connectivity index (χ0v) is 12.4. The fraction of sp³-hybridized carbons (Fsp3) is 0.600. The molecule has 0 amide bonds. The van der Waals surface area contributed by atoms with E-state index in [1.165, 1.54) is 0 Å². The maximum atomic E-state index is 9.96. The van der Waals surface area contributed by atoms with E-state index in [1.807, 2.05) is 31.2 Å². The predicted octanol–water partition coefficient (Wildman–Crippen LogP) is 0.487. The van der Waals surface area contributed by atoms with E-state index in [0.717, 1.165) is 37.5 Å². The van der Waals surface area contributed by atoms with Gasteiger partial charge in [0.05, 0.1) is 0 Å². The zero-order valence-electron chi connectivity index (χ0n) is 12.4. The maximum absolute atomic E-state index is 9.96. The van der Waals surface area contributed by atoms with Crippen molar-refractivity contribution in [2.75, 3.05) is 46.4 Å². The van der Waals surface area contributed by atoms with Crippen LogP contribution in [0.15, 0.2) is 24.3 Å². The van der Waals surface area contributed by atoms with Crippen LogP contribution in [0.2, 0.25) is 0 Å². The molecular formula is C15H25N3O2. The number of piperazine rings is 1. The van der Waals surface area contributed by atoms with Crippen molar-refractivity contribution in [3.8, 4) is 5.75 Å². The van der Waals surface area contributed by atoms with Crippen molar-refractivity contribution >= 4 is 0 Å². The molecule has 1 aliphatic heterocycles. The summed E-state index contributed by atoms with van der Waals surface area (Å²) in [6.45, 7) is 6.93. The largest absolute Gasteiger partial charge is 0.491 e. The summed E-state index contributed by atoms with van der Waals surface area (Å²) in [7, 11) is 2.13. The van der Waals surface area contributed by atoms with E-state index < -0.39 is 6.10 Å². The summed E-state index contributed by atoms with van der Waals surface area (Å²) in [5.74, 6) is 0.839.